The molecule has 3 rings (SSSR count). The fraction of sp³-hybridized carbons (Fsp3) is 0.462. The third-order valence-corrected chi connectivity index (χ3v) is 5.64. The first kappa shape index (κ1) is 23.9. The quantitative estimate of drug-likeness (QED) is 0.668. The van der Waals surface area contributed by atoms with E-state index in [4.69, 9.17) is 0 Å². The highest BCUT2D eigenvalue weighted by Crippen LogP contribution is 2.30. The van der Waals surface area contributed by atoms with Gasteiger partial charge in [0.2, 0.25) is 5.91 Å². The van der Waals surface area contributed by atoms with E-state index in [0.29, 0.717) is 48.2 Å². The zero-order chi connectivity index (χ0) is 23.7. The SMILES string of the molecule is CC(C)(C)Cc1ccc(NC(=O)C(c2ccc(C(C)(C)O)cc2)N2CCCC2=O)cc1F. The van der Waals surface area contributed by atoms with Crippen molar-refractivity contribution in [3.8, 4) is 0 Å². The van der Waals surface area contributed by atoms with Crippen LogP contribution in [0, 0.1) is 11.2 Å². The highest BCUT2D eigenvalue weighted by atomic mass is 19.1. The zero-order valence-corrected chi connectivity index (χ0v) is 19.5. The summed E-state index contributed by atoms with van der Waals surface area (Å²) in [4.78, 5) is 27.3. The third kappa shape index (κ3) is 5.74. The smallest absolute Gasteiger partial charge is 0.251 e. The number of hydrogen-bond acceptors (Lipinski definition) is 3. The van der Waals surface area contributed by atoms with Gasteiger partial charge in [-0.1, -0.05) is 51.1 Å². The number of halogens is 1. The van der Waals surface area contributed by atoms with Crippen LogP contribution in [0.15, 0.2) is 42.5 Å². The van der Waals surface area contributed by atoms with Gasteiger partial charge in [-0.15, -0.1) is 0 Å². The number of carbonyl (C=O) groups excluding carboxylic acids is 2. The molecule has 2 amide bonds. The number of nitrogens with zero attached hydrogens (tertiary/aromatic N) is 1. The van der Waals surface area contributed by atoms with Crippen LogP contribution in [0.5, 0.6) is 0 Å². The molecule has 6 heteroatoms. The topological polar surface area (TPSA) is 69.6 Å². The van der Waals surface area contributed by atoms with Crippen LogP contribution >= 0.6 is 0 Å². The predicted molar refractivity (Wildman–Crippen MR) is 124 cm³/mol. The number of benzene rings is 2. The van der Waals surface area contributed by atoms with Crippen molar-refractivity contribution in [2.75, 3.05) is 11.9 Å². The number of anilines is 1. The lowest BCUT2D eigenvalue weighted by Gasteiger charge is -2.28. The van der Waals surface area contributed by atoms with Crippen molar-refractivity contribution >= 4 is 17.5 Å². The van der Waals surface area contributed by atoms with Crippen LogP contribution in [-0.4, -0.2) is 28.4 Å². The molecular weight excluding hydrogens is 407 g/mol. The second-order valence-corrected chi connectivity index (χ2v) is 10.3. The number of rotatable bonds is 6. The van der Waals surface area contributed by atoms with Gasteiger partial charge in [-0.2, -0.15) is 0 Å². The summed E-state index contributed by atoms with van der Waals surface area (Å²) in [6.07, 6.45) is 1.69. The Morgan fingerprint density at radius 1 is 1.12 bits per heavy atom. The summed E-state index contributed by atoms with van der Waals surface area (Å²) >= 11 is 0. The van der Waals surface area contributed by atoms with Crippen molar-refractivity contribution in [2.45, 2.75) is 65.5 Å². The summed E-state index contributed by atoms with van der Waals surface area (Å²) in [7, 11) is 0. The summed E-state index contributed by atoms with van der Waals surface area (Å²) in [6, 6.07) is 10.9. The molecule has 1 unspecified atom stereocenters. The van der Waals surface area contributed by atoms with Crippen molar-refractivity contribution in [3.63, 3.8) is 0 Å². The first-order valence-corrected chi connectivity index (χ1v) is 11.1. The van der Waals surface area contributed by atoms with E-state index in [0.717, 1.165) is 0 Å². The molecule has 172 valence electrons. The molecule has 1 heterocycles. The minimum absolute atomic E-state index is 0.0535. The number of carbonyl (C=O) groups is 2. The molecule has 1 saturated heterocycles. The molecular formula is C26H33FN2O3. The van der Waals surface area contributed by atoms with Crippen molar-refractivity contribution in [1.29, 1.82) is 0 Å². The fourth-order valence-electron chi connectivity index (χ4n) is 4.04. The average Bonchev–Trinajstić information content (AvgIpc) is 3.08. The molecule has 0 aliphatic carbocycles. The van der Waals surface area contributed by atoms with E-state index >= 15 is 0 Å². The summed E-state index contributed by atoms with van der Waals surface area (Å²) < 4.78 is 14.6. The Hall–Kier alpha value is -2.73. The normalized spacial score (nSPS) is 15.7. The molecule has 0 saturated carbocycles. The second kappa shape index (κ2) is 9.02. The van der Waals surface area contributed by atoms with Crippen LogP contribution in [0.4, 0.5) is 10.1 Å². The van der Waals surface area contributed by atoms with Gasteiger partial charge in [0.1, 0.15) is 11.9 Å². The van der Waals surface area contributed by atoms with Crippen molar-refractivity contribution in [1.82, 2.24) is 4.90 Å². The van der Waals surface area contributed by atoms with Crippen LogP contribution in [0.25, 0.3) is 0 Å². The highest BCUT2D eigenvalue weighted by molar-refractivity contribution is 5.98. The van der Waals surface area contributed by atoms with Gasteiger partial charge in [-0.3, -0.25) is 9.59 Å². The molecule has 2 aromatic rings. The Labute approximate surface area is 189 Å². The predicted octanol–water partition coefficient (Wildman–Crippen LogP) is 4.94. The fourth-order valence-corrected chi connectivity index (χ4v) is 4.04. The van der Waals surface area contributed by atoms with Gasteiger partial charge in [0.15, 0.2) is 0 Å². The molecule has 0 radical (unpaired) electrons. The van der Waals surface area contributed by atoms with Crippen LogP contribution in [0.1, 0.15) is 70.2 Å². The lowest BCUT2D eigenvalue weighted by atomic mass is 9.88. The molecule has 0 aromatic heterocycles. The van der Waals surface area contributed by atoms with Gasteiger partial charge >= 0.3 is 0 Å². The first-order chi connectivity index (χ1) is 14.8. The molecule has 2 aromatic carbocycles. The van der Waals surface area contributed by atoms with Crippen LogP contribution in [0.3, 0.4) is 0 Å². The Morgan fingerprint density at radius 2 is 1.78 bits per heavy atom. The summed E-state index contributed by atoms with van der Waals surface area (Å²) in [5.41, 5.74) is 1.26. The van der Waals surface area contributed by atoms with Crippen molar-refractivity contribution in [2.24, 2.45) is 5.41 Å². The molecule has 32 heavy (non-hydrogen) atoms. The summed E-state index contributed by atoms with van der Waals surface area (Å²) in [5.74, 6) is -0.830. The summed E-state index contributed by atoms with van der Waals surface area (Å²) in [6.45, 7) is 10.0. The maximum absolute atomic E-state index is 14.6. The lowest BCUT2D eigenvalue weighted by molar-refractivity contribution is -0.135. The molecule has 0 bridgehead atoms. The van der Waals surface area contributed by atoms with Crippen LogP contribution < -0.4 is 5.32 Å². The van der Waals surface area contributed by atoms with Gasteiger partial charge in [0, 0.05) is 18.7 Å². The van der Waals surface area contributed by atoms with Gasteiger partial charge < -0.3 is 15.3 Å². The monoisotopic (exact) mass is 440 g/mol. The molecule has 2 N–H and O–H groups in total. The van der Waals surface area contributed by atoms with E-state index in [1.165, 1.54) is 6.07 Å². The minimum atomic E-state index is -1.01. The van der Waals surface area contributed by atoms with Crippen molar-refractivity contribution < 1.29 is 19.1 Å². The van der Waals surface area contributed by atoms with Gasteiger partial charge in [0.25, 0.3) is 5.91 Å². The number of likely N-dealkylation sites (tertiary alicyclic amines) is 1. The minimum Gasteiger partial charge on any atom is -0.386 e. The molecule has 1 fully saturated rings. The number of aliphatic hydroxyl groups is 1. The van der Waals surface area contributed by atoms with E-state index in [-0.39, 0.29) is 23.0 Å². The molecule has 5 nitrogen and oxygen atoms in total. The maximum Gasteiger partial charge on any atom is 0.251 e. The molecule has 0 spiro atoms. The largest absolute Gasteiger partial charge is 0.386 e. The van der Waals surface area contributed by atoms with Crippen LogP contribution in [0.2, 0.25) is 0 Å². The Kier molecular flexibility index (Phi) is 6.75. The van der Waals surface area contributed by atoms with Gasteiger partial charge in [-0.25, -0.2) is 4.39 Å². The lowest BCUT2D eigenvalue weighted by Crippen LogP contribution is -2.38. The third-order valence-electron chi connectivity index (χ3n) is 5.64. The van der Waals surface area contributed by atoms with E-state index < -0.39 is 11.6 Å². The highest BCUT2D eigenvalue weighted by Gasteiger charge is 2.34. The maximum atomic E-state index is 14.6. The van der Waals surface area contributed by atoms with E-state index in [1.807, 2.05) is 20.8 Å². The summed E-state index contributed by atoms with van der Waals surface area (Å²) in [5, 5.41) is 13.0. The molecule has 1 atom stereocenters. The second-order valence-electron chi connectivity index (χ2n) is 10.3. The van der Waals surface area contributed by atoms with E-state index in [2.05, 4.69) is 5.32 Å². The van der Waals surface area contributed by atoms with E-state index in [1.54, 1.807) is 55.1 Å². The Bertz CT molecular complexity index is 988. The zero-order valence-electron chi connectivity index (χ0n) is 19.5. The number of amides is 2. The Morgan fingerprint density at radius 3 is 2.28 bits per heavy atom. The number of nitrogens with one attached hydrogen (secondary N) is 1. The average molecular weight is 441 g/mol. The standard InChI is InChI=1S/C26H33FN2O3/c1-25(2,3)16-18-10-13-20(15-21(18)27)28-24(31)23(29-14-6-7-22(29)30)17-8-11-19(12-9-17)26(4,5)32/h8-13,15,23,32H,6-7,14,16H2,1-5H3,(H,28,31). The van der Waals surface area contributed by atoms with Crippen molar-refractivity contribution in [3.05, 3.63) is 65.0 Å². The van der Waals surface area contributed by atoms with Gasteiger partial charge in [0.05, 0.1) is 5.60 Å². The Balaban J connectivity index is 1.86. The number of hydrogen-bond donors (Lipinski definition) is 2. The molecule has 1 aliphatic rings. The van der Waals surface area contributed by atoms with Crippen LogP contribution in [-0.2, 0) is 21.6 Å². The first-order valence-electron chi connectivity index (χ1n) is 11.1. The molecule has 1 aliphatic heterocycles. The van der Waals surface area contributed by atoms with Gasteiger partial charge in [-0.05, 0) is 60.9 Å². The van der Waals surface area contributed by atoms with E-state index in [9.17, 15) is 19.1 Å².